The van der Waals surface area contributed by atoms with E-state index < -0.39 is 41.8 Å². The molecule has 94 valence electrons. The zero-order valence-corrected chi connectivity index (χ0v) is 8.80. The quantitative estimate of drug-likeness (QED) is 0.404. The topological polar surface area (TPSA) is 85.1 Å². The number of hydrogen-bond donors (Lipinski definition) is 1. The molecule has 1 fully saturated rings. The molecular weight excluding hydrogens is 228 g/mol. The first kappa shape index (κ1) is 13.2. The van der Waals surface area contributed by atoms with Gasteiger partial charge in [-0.15, -0.1) is 0 Å². The van der Waals surface area contributed by atoms with Crippen molar-refractivity contribution >= 4 is 0 Å². The first-order valence-corrected chi connectivity index (χ1v) is 4.60. The second-order valence-electron chi connectivity index (χ2n) is 3.76. The molecule has 0 saturated carbocycles. The fraction of sp³-hybridized carbons (Fsp3) is 1.00. The van der Waals surface area contributed by atoms with Gasteiger partial charge in [-0.05, 0) is 0 Å². The van der Waals surface area contributed by atoms with E-state index in [2.05, 4.69) is 4.74 Å². The molecule has 0 aromatic carbocycles. The predicted molar refractivity (Wildman–Crippen MR) is 47.9 cm³/mol. The molecule has 0 aromatic heterocycles. The molecule has 1 aliphatic heterocycles. The fourth-order valence-electron chi connectivity index (χ4n) is 1.55. The van der Waals surface area contributed by atoms with E-state index >= 15 is 0 Å². The van der Waals surface area contributed by atoms with Gasteiger partial charge in [0.2, 0.25) is 6.36 Å². The Balaban J connectivity index is 2.85. The number of hydrogen-bond acceptors (Lipinski definition) is 5. The van der Waals surface area contributed by atoms with Crippen molar-refractivity contribution in [3.63, 3.8) is 0 Å². The number of ether oxygens (including phenoxy) is 2. The molecular formula is C8H13F2NO5. The van der Waals surface area contributed by atoms with Crippen LogP contribution < -0.4 is 0 Å². The van der Waals surface area contributed by atoms with Crippen LogP contribution in [0.2, 0.25) is 0 Å². The van der Waals surface area contributed by atoms with Gasteiger partial charge in [-0.25, -0.2) is 8.78 Å². The summed E-state index contributed by atoms with van der Waals surface area (Å²) in [5.41, 5.74) is -2.12. The third-order valence-electron chi connectivity index (χ3n) is 2.78. The second kappa shape index (κ2) is 4.56. The molecule has 1 heterocycles. The van der Waals surface area contributed by atoms with Crippen LogP contribution in [-0.4, -0.2) is 54.0 Å². The van der Waals surface area contributed by atoms with Crippen molar-refractivity contribution in [2.75, 3.05) is 13.8 Å². The van der Waals surface area contributed by atoms with Gasteiger partial charge >= 0.3 is 0 Å². The Morgan fingerprint density at radius 2 is 2.31 bits per heavy atom. The highest BCUT2D eigenvalue weighted by atomic mass is 19.1. The zero-order chi connectivity index (χ0) is 12.5. The lowest BCUT2D eigenvalue weighted by Crippen LogP contribution is -2.56. The Hall–Kier alpha value is -0.860. The summed E-state index contributed by atoms with van der Waals surface area (Å²) in [6, 6.07) is 0. The van der Waals surface area contributed by atoms with Gasteiger partial charge in [0.1, 0.15) is 12.8 Å². The summed E-state index contributed by atoms with van der Waals surface area (Å²) in [6.07, 6.45) is -6.35. The molecule has 0 bridgehead atoms. The summed E-state index contributed by atoms with van der Waals surface area (Å²) in [7, 11) is 0.967. The lowest BCUT2D eigenvalue weighted by molar-refractivity contribution is -0.585. The van der Waals surface area contributed by atoms with Gasteiger partial charge in [0, 0.05) is 19.0 Å². The summed E-state index contributed by atoms with van der Waals surface area (Å²) < 4.78 is 34.2. The maximum absolute atomic E-state index is 13.1. The maximum atomic E-state index is 13.1. The highest BCUT2D eigenvalue weighted by molar-refractivity contribution is 5.03. The van der Waals surface area contributed by atoms with Crippen LogP contribution >= 0.6 is 0 Å². The average Bonchev–Trinajstić information content (AvgIpc) is 3.05. The summed E-state index contributed by atoms with van der Waals surface area (Å²) in [4.78, 5) is 9.98. The molecule has 0 aromatic rings. The minimum Gasteiger partial charge on any atom is -0.381 e. The molecule has 1 rings (SSSR count). The molecule has 0 amide bonds. The van der Waals surface area contributed by atoms with Crippen molar-refractivity contribution < 1.29 is 28.3 Å². The van der Waals surface area contributed by atoms with Crippen molar-refractivity contribution in [3.8, 4) is 0 Å². The highest BCUT2D eigenvalue weighted by Crippen LogP contribution is 2.38. The predicted octanol–water partition coefficient (Wildman–Crippen LogP) is 0.0616. The Morgan fingerprint density at radius 3 is 2.62 bits per heavy atom. The molecule has 6 nitrogen and oxygen atoms in total. The van der Waals surface area contributed by atoms with Crippen molar-refractivity contribution in [2.45, 2.75) is 37.1 Å². The number of rotatable bonds is 6. The van der Waals surface area contributed by atoms with E-state index in [-0.39, 0.29) is 0 Å². The second-order valence-corrected chi connectivity index (χ2v) is 3.76. The molecule has 0 spiro atoms. The summed E-state index contributed by atoms with van der Waals surface area (Å²) in [5, 5.41) is 20.3. The normalized spacial score (nSPS) is 31.6. The Morgan fingerprint density at radius 1 is 1.75 bits per heavy atom. The van der Waals surface area contributed by atoms with Crippen LogP contribution in [0.4, 0.5) is 8.78 Å². The van der Waals surface area contributed by atoms with Crippen molar-refractivity contribution in [1.82, 2.24) is 0 Å². The van der Waals surface area contributed by atoms with Gasteiger partial charge in [0.05, 0.1) is 0 Å². The third-order valence-corrected chi connectivity index (χ3v) is 2.78. The first-order valence-electron chi connectivity index (χ1n) is 4.60. The lowest BCUT2D eigenvalue weighted by atomic mass is 9.89. The monoisotopic (exact) mass is 241 g/mol. The number of alkyl halides is 2. The summed E-state index contributed by atoms with van der Waals surface area (Å²) >= 11 is 0. The number of nitro groups is 1. The van der Waals surface area contributed by atoms with Crippen LogP contribution in [0.15, 0.2) is 0 Å². The zero-order valence-electron chi connectivity index (χ0n) is 8.80. The summed E-state index contributed by atoms with van der Waals surface area (Å²) in [5.74, 6) is 0. The SMILES string of the molecule is CO[C@H](F)[C@H](O)[C@@](C)([C@H]1O[C@@H]1CF)[N+](=O)[O-]. The standard InChI is InChI=1S/C8H13F2NO5/c1-8(11(13)14,5(12)7(10)15-2)6-4(3-9)16-6/h4-7,12H,3H2,1-2H3/t4-,5+,6+,7+,8+/m1/s1. The van der Waals surface area contributed by atoms with Gasteiger partial charge < -0.3 is 14.6 Å². The molecule has 1 N–H and O–H groups in total. The van der Waals surface area contributed by atoms with E-state index in [1.807, 2.05) is 0 Å². The van der Waals surface area contributed by atoms with E-state index in [9.17, 15) is 24.0 Å². The van der Waals surface area contributed by atoms with Crippen LogP contribution in [0.3, 0.4) is 0 Å². The largest absolute Gasteiger partial charge is 0.381 e. The molecule has 1 saturated heterocycles. The van der Waals surface area contributed by atoms with Crippen LogP contribution in [0.5, 0.6) is 0 Å². The number of aliphatic hydroxyl groups is 1. The summed E-state index contributed by atoms with van der Waals surface area (Å²) in [6.45, 7) is 0.0916. The number of methoxy groups -OCH3 is 1. The maximum Gasteiger partial charge on any atom is 0.278 e. The van der Waals surface area contributed by atoms with Gasteiger partial charge in [0.15, 0.2) is 12.2 Å². The van der Waals surface area contributed by atoms with Gasteiger partial charge in [-0.3, -0.25) is 10.1 Å². The lowest BCUT2D eigenvalue weighted by Gasteiger charge is -2.26. The Kier molecular flexibility index (Phi) is 3.76. The van der Waals surface area contributed by atoms with E-state index in [1.54, 1.807) is 0 Å². The molecule has 0 radical (unpaired) electrons. The average molecular weight is 241 g/mol. The van der Waals surface area contributed by atoms with Gasteiger partial charge in [-0.2, -0.15) is 0 Å². The number of nitrogens with zero attached hydrogens (tertiary/aromatic N) is 1. The van der Waals surface area contributed by atoms with Crippen molar-refractivity contribution in [2.24, 2.45) is 0 Å². The Labute approximate surface area is 90.3 Å². The van der Waals surface area contributed by atoms with E-state index in [0.717, 1.165) is 14.0 Å². The fourth-order valence-corrected chi connectivity index (χ4v) is 1.55. The van der Waals surface area contributed by atoms with E-state index in [4.69, 9.17) is 4.74 Å². The molecule has 8 heteroatoms. The van der Waals surface area contributed by atoms with Crippen LogP contribution in [-0.2, 0) is 9.47 Å². The van der Waals surface area contributed by atoms with Crippen LogP contribution in [0, 0.1) is 10.1 Å². The van der Waals surface area contributed by atoms with Gasteiger partial charge in [-0.1, -0.05) is 0 Å². The van der Waals surface area contributed by atoms with Crippen molar-refractivity contribution in [1.29, 1.82) is 0 Å². The third kappa shape index (κ3) is 2.00. The molecule has 0 unspecified atom stereocenters. The number of halogens is 2. The highest BCUT2D eigenvalue weighted by Gasteiger charge is 2.66. The van der Waals surface area contributed by atoms with E-state index in [1.165, 1.54) is 0 Å². The minimum absolute atomic E-state index is 0.871. The minimum atomic E-state index is -2.22. The van der Waals surface area contributed by atoms with E-state index in [0.29, 0.717) is 0 Å². The molecule has 1 aliphatic rings. The molecule has 5 atom stereocenters. The smallest absolute Gasteiger partial charge is 0.278 e. The van der Waals surface area contributed by atoms with Crippen LogP contribution in [0.25, 0.3) is 0 Å². The number of epoxide rings is 1. The van der Waals surface area contributed by atoms with Gasteiger partial charge in [0.25, 0.3) is 5.54 Å². The Bertz CT molecular complexity index is 279. The van der Waals surface area contributed by atoms with Crippen molar-refractivity contribution in [3.05, 3.63) is 10.1 Å². The first-order chi connectivity index (χ1) is 7.39. The van der Waals surface area contributed by atoms with Crippen LogP contribution in [0.1, 0.15) is 6.92 Å². The molecule has 0 aliphatic carbocycles. The number of aliphatic hydroxyl groups excluding tert-OH is 1. The molecule has 16 heavy (non-hydrogen) atoms.